The van der Waals surface area contributed by atoms with Gasteiger partial charge in [0.25, 0.3) is 0 Å². The number of urea groups is 1. The standard InChI is InChI=1S/C14H20N2O3S/c1-10-4-3-5-13(11(10)2)16-14(17)15-8-12-6-7-20(18,19)9-12/h3-5,12H,6-9H2,1-2H3,(H2,15,16,17). The van der Waals surface area contributed by atoms with Gasteiger partial charge in [0.15, 0.2) is 9.84 Å². The lowest BCUT2D eigenvalue weighted by Crippen LogP contribution is -2.33. The van der Waals surface area contributed by atoms with Crippen LogP contribution in [0.2, 0.25) is 0 Å². The van der Waals surface area contributed by atoms with E-state index >= 15 is 0 Å². The molecular formula is C14H20N2O3S. The molecule has 1 atom stereocenters. The second-order valence-electron chi connectivity index (χ2n) is 5.35. The fraction of sp³-hybridized carbons (Fsp3) is 0.500. The van der Waals surface area contributed by atoms with Crippen LogP contribution in [0.5, 0.6) is 0 Å². The zero-order valence-corrected chi connectivity index (χ0v) is 12.6. The molecule has 1 aromatic rings. The van der Waals surface area contributed by atoms with Gasteiger partial charge in [-0.3, -0.25) is 0 Å². The Kier molecular flexibility index (Phi) is 4.32. The number of sulfone groups is 1. The van der Waals surface area contributed by atoms with Gasteiger partial charge in [-0.2, -0.15) is 0 Å². The Morgan fingerprint density at radius 1 is 1.35 bits per heavy atom. The van der Waals surface area contributed by atoms with Crippen molar-refractivity contribution in [2.24, 2.45) is 5.92 Å². The predicted molar refractivity (Wildman–Crippen MR) is 79.7 cm³/mol. The molecule has 1 unspecified atom stereocenters. The molecule has 5 nitrogen and oxygen atoms in total. The van der Waals surface area contributed by atoms with Crippen molar-refractivity contribution in [2.45, 2.75) is 20.3 Å². The third-order valence-electron chi connectivity index (χ3n) is 3.73. The van der Waals surface area contributed by atoms with E-state index in [1.165, 1.54) is 0 Å². The summed E-state index contributed by atoms with van der Waals surface area (Å²) in [7, 11) is -2.89. The summed E-state index contributed by atoms with van der Waals surface area (Å²) in [4.78, 5) is 11.8. The normalized spacial score (nSPS) is 20.6. The summed E-state index contributed by atoms with van der Waals surface area (Å²) >= 11 is 0. The molecule has 1 aromatic carbocycles. The average molecular weight is 296 g/mol. The summed E-state index contributed by atoms with van der Waals surface area (Å²) in [5.74, 6) is 0.443. The summed E-state index contributed by atoms with van der Waals surface area (Å²) in [6.45, 7) is 4.34. The van der Waals surface area contributed by atoms with Crippen LogP contribution in [0.3, 0.4) is 0 Å². The van der Waals surface area contributed by atoms with E-state index in [0.717, 1.165) is 16.8 Å². The van der Waals surface area contributed by atoms with E-state index in [0.29, 0.717) is 13.0 Å². The monoisotopic (exact) mass is 296 g/mol. The van der Waals surface area contributed by atoms with Crippen LogP contribution in [0.1, 0.15) is 17.5 Å². The Balaban J connectivity index is 1.86. The Morgan fingerprint density at radius 2 is 2.10 bits per heavy atom. The molecule has 0 spiro atoms. The van der Waals surface area contributed by atoms with Gasteiger partial charge in [-0.25, -0.2) is 13.2 Å². The van der Waals surface area contributed by atoms with Gasteiger partial charge < -0.3 is 10.6 Å². The van der Waals surface area contributed by atoms with Crippen molar-refractivity contribution in [2.75, 3.05) is 23.4 Å². The van der Waals surface area contributed by atoms with Crippen molar-refractivity contribution < 1.29 is 13.2 Å². The molecule has 1 saturated heterocycles. The predicted octanol–water partition coefficient (Wildman–Crippen LogP) is 1.86. The summed E-state index contributed by atoms with van der Waals surface area (Å²) in [5.41, 5.74) is 2.93. The molecule has 0 aromatic heterocycles. The highest BCUT2D eigenvalue weighted by Gasteiger charge is 2.27. The van der Waals surface area contributed by atoms with Crippen LogP contribution in [0.15, 0.2) is 18.2 Å². The Bertz CT molecular complexity index is 611. The van der Waals surface area contributed by atoms with Gasteiger partial charge in [0, 0.05) is 12.2 Å². The zero-order valence-electron chi connectivity index (χ0n) is 11.8. The van der Waals surface area contributed by atoms with Crippen LogP contribution in [-0.4, -0.2) is 32.5 Å². The van der Waals surface area contributed by atoms with Crippen molar-refractivity contribution in [1.29, 1.82) is 0 Å². The minimum atomic E-state index is -2.89. The highest BCUT2D eigenvalue weighted by atomic mass is 32.2. The van der Waals surface area contributed by atoms with E-state index in [2.05, 4.69) is 10.6 Å². The number of amides is 2. The topological polar surface area (TPSA) is 75.3 Å². The third kappa shape index (κ3) is 3.72. The molecule has 110 valence electrons. The number of carbonyl (C=O) groups excluding carboxylic acids is 1. The number of nitrogens with one attached hydrogen (secondary N) is 2. The highest BCUT2D eigenvalue weighted by Crippen LogP contribution is 2.19. The van der Waals surface area contributed by atoms with Gasteiger partial charge in [0.05, 0.1) is 11.5 Å². The van der Waals surface area contributed by atoms with Crippen molar-refractivity contribution in [1.82, 2.24) is 5.32 Å². The van der Waals surface area contributed by atoms with Crippen LogP contribution in [0, 0.1) is 19.8 Å². The van der Waals surface area contributed by atoms with Gasteiger partial charge >= 0.3 is 6.03 Å². The Morgan fingerprint density at radius 3 is 2.75 bits per heavy atom. The first-order chi connectivity index (χ1) is 9.37. The van der Waals surface area contributed by atoms with E-state index in [4.69, 9.17) is 0 Å². The second-order valence-corrected chi connectivity index (χ2v) is 7.58. The molecule has 6 heteroatoms. The van der Waals surface area contributed by atoms with Gasteiger partial charge in [0.2, 0.25) is 0 Å². The molecule has 1 aliphatic rings. The quantitative estimate of drug-likeness (QED) is 0.894. The fourth-order valence-electron chi connectivity index (χ4n) is 2.32. The summed E-state index contributed by atoms with van der Waals surface area (Å²) < 4.78 is 22.7. The van der Waals surface area contributed by atoms with E-state index in [-0.39, 0.29) is 23.5 Å². The Labute approximate surface area is 119 Å². The van der Waals surface area contributed by atoms with E-state index in [1.54, 1.807) is 0 Å². The highest BCUT2D eigenvalue weighted by molar-refractivity contribution is 7.91. The van der Waals surface area contributed by atoms with E-state index in [1.807, 2.05) is 32.0 Å². The second kappa shape index (κ2) is 5.83. The molecule has 20 heavy (non-hydrogen) atoms. The first-order valence-electron chi connectivity index (χ1n) is 6.69. The molecular weight excluding hydrogens is 276 g/mol. The van der Waals surface area contributed by atoms with E-state index < -0.39 is 9.84 Å². The molecule has 0 radical (unpaired) electrons. The first kappa shape index (κ1) is 14.8. The van der Waals surface area contributed by atoms with Gasteiger partial charge in [-0.05, 0) is 43.4 Å². The molecule has 0 aliphatic carbocycles. The maximum absolute atomic E-state index is 11.8. The number of aryl methyl sites for hydroxylation is 1. The number of rotatable bonds is 3. The van der Waals surface area contributed by atoms with Crippen molar-refractivity contribution >= 4 is 21.6 Å². The number of anilines is 1. The summed E-state index contributed by atoms with van der Waals surface area (Å²) in [6, 6.07) is 5.44. The van der Waals surface area contributed by atoms with Crippen molar-refractivity contribution in [3.05, 3.63) is 29.3 Å². The molecule has 0 saturated carbocycles. The molecule has 1 heterocycles. The lowest BCUT2D eigenvalue weighted by Gasteiger charge is -2.13. The number of benzene rings is 1. The molecule has 1 fully saturated rings. The Hall–Kier alpha value is -1.56. The van der Waals surface area contributed by atoms with Gasteiger partial charge in [-0.1, -0.05) is 12.1 Å². The number of hydrogen-bond acceptors (Lipinski definition) is 3. The van der Waals surface area contributed by atoms with Crippen molar-refractivity contribution in [3.63, 3.8) is 0 Å². The van der Waals surface area contributed by atoms with Gasteiger partial charge in [0.1, 0.15) is 0 Å². The molecule has 2 amide bonds. The fourth-order valence-corrected chi connectivity index (χ4v) is 4.18. The van der Waals surface area contributed by atoms with E-state index in [9.17, 15) is 13.2 Å². The molecule has 1 aliphatic heterocycles. The molecule has 2 N–H and O–H groups in total. The minimum absolute atomic E-state index is 0.0318. The van der Waals surface area contributed by atoms with Crippen LogP contribution >= 0.6 is 0 Å². The summed E-state index contributed by atoms with van der Waals surface area (Å²) in [5, 5.41) is 5.54. The minimum Gasteiger partial charge on any atom is -0.338 e. The lowest BCUT2D eigenvalue weighted by atomic mass is 10.1. The molecule has 0 bridgehead atoms. The first-order valence-corrected chi connectivity index (χ1v) is 8.51. The van der Waals surface area contributed by atoms with Crippen LogP contribution in [-0.2, 0) is 9.84 Å². The average Bonchev–Trinajstić information content (AvgIpc) is 2.72. The van der Waals surface area contributed by atoms with Crippen LogP contribution in [0.25, 0.3) is 0 Å². The number of carbonyl (C=O) groups is 1. The summed E-state index contributed by atoms with van der Waals surface area (Å²) in [6.07, 6.45) is 0.631. The lowest BCUT2D eigenvalue weighted by molar-refractivity contribution is 0.250. The largest absolute Gasteiger partial charge is 0.338 e. The zero-order chi connectivity index (χ0) is 14.8. The maximum atomic E-state index is 11.8. The third-order valence-corrected chi connectivity index (χ3v) is 5.57. The van der Waals surface area contributed by atoms with Gasteiger partial charge in [-0.15, -0.1) is 0 Å². The van der Waals surface area contributed by atoms with Crippen LogP contribution in [0.4, 0.5) is 10.5 Å². The maximum Gasteiger partial charge on any atom is 0.319 e. The smallest absolute Gasteiger partial charge is 0.319 e. The SMILES string of the molecule is Cc1cccc(NC(=O)NCC2CCS(=O)(=O)C2)c1C. The van der Waals surface area contributed by atoms with Crippen molar-refractivity contribution in [3.8, 4) is 0 Å². The molecule has 2 rings (SSSR count). The van der Waals surface area contributed by atoms with Crippen LogP contribution < -0.4 is 10.6 Å². The number of hydrogen-bond donors (Lipinski definition) is 2.